The van der Waals surface area contributed by atoms with Crippen LogP contribution in [0.5, 0.6) is 0 Å². The predicted molar refractivity (Wildman–Crippen MR) is 89.1 cm³/mol. The summed E-state index contributed by atoms with van der Waals surface area (Å²) in [5.74, 6) is 0. The Balaban J connectivity index is 2.01. The van der Waals surface area contributed by atoms with Gasteiger partial charge in [-0.25, -0.2) is 4.68 Å². The van der Waals surface area contributed by atoms with Gasteiger partial charge in [-0.1, -0.05) is 18.2 Å². The number of hydrogen-bond acceptors (Lipinski definition) is 2. The molecule has 3 nitrogen and oxygen atoms in total. The van der Waals surface area contributed by atoms with Gasteiger partial charge >= 0.3 is 0 Å². The molecule has 0 aliphatic heterocycles. The van der Waals surface area contributed by atoms with Crippen molar-refractivity contribution in [1.82, 2.24) is 9.78 Å². The molecule has 22 heavy (non-hydrogen) atoms. The molecule has 112 valence electrons. The molecule has 0 aliphatic carbocycles. The van der Waals surface area contributed by atoms with Crippen LogP contribution in [0, 0.1) is 20.8 Å². The van der Waals surface area contributed by atoms with Gasteiger partial charge < -0.3 is 5.11 Å². The molecule has 0 aliphatic rings. The molecule has 3 rings (SSSR count). The zero-order valence-corrected chi connectivity index (χ0v) is 13.2. The van der Waals surface area contributed by atoms with Crippen LogP contribution >= 0.6 is 0 Å². The van der Waals surface area contributed by atoms with Crippen molar-refractivity contribution in [3.8, 4) is 16.8 Å². The Morgan fingerprint density at radius 3 is 2.27 bits per heavy atom. The van der Waals surface area contributed by atoms with Crippen molar-refractivity contribution in [1.29, 1.82) is 0 Å². The fourth-order valence-electron chi connectivity index (χ4n) is 2.66. The van der Waals surface area contributed by atoms with Gasteiger partial charge in [0.05, 0.1) is 18.0 Å². The highest BCUT2D eigenvalue weighted by atomic mass is 16.3. The Morgan fingerprint density at radius 1 is 0.909 bits per heavy atom. The number of benzene rings is 2. The quantitative estimate of drug-likeness (QED) is 0.793. The van der Waals surface area contributed by atoms with Crippen LogP contribution in [-0.2, 0) is 6.61 Å². The molecule has 0 saturated carbocycles. The van der Waals surface area contributed by atoms with Crippen molar-refractivity contribution in [2.24, 2.45) is 0 Å². The van der Waals surface area contributed by atoms with E-state index in [9.17, 15) is 5.11 Å². The van der Waals surface area contributed by atoms with E-state index < -0.39 is 0 Å². The summed E-state index contributed by atoms with van der Waals surface area (Å²) < 4.78 is 1.91. The second-order valence-electron chi connectivity index (χ2n) is 5.70. The van der Waals surface area contributed by atoms with Gasteiger partial charge in [-0.15, -0.1) is 0 Å². The van der Waals surface area contributed by atoms with Crippen molar-refractivity contribution in [3.05, 3.63) is 71.0 Å². The molecular weight excluding hydrogens is 272 g/mol. The van der Waals surface area contributed by atoms with Gasteiger partial charge in [0, 0.05) is 6.20 Å². The van der Waals surface area contributed by atoms with Crippen LogP contribution in [0.1, 0.15) is 22.4 Å². The number of aliphatic hydroxyl groups excluding tert-OH is 1. The molecule has 0 saturated heterocycles. The number of aliphatic hydroxyl groups is 1. The van der Waals surface area contributed by atoms with Crippen molar-refractivity contribution in [2.75, 3.05) is 0 Å². The second kappa shape index (κ2) is 5.78. The molecule has 3 heteroatoms. The van der Waals surface area contributed by atoms with E-state index in [2.05, 4.69) is 48.4 Å². The van der Waals surface area contributed by atoms with Gasteiger partial charge in [-0.3, -0.25) is 0 Å². The van der Waals surface area contributed by atoms with Gasteiger partial charge in [-0.05, 0) is 72.9 Å². The molecule has 0 fully saturated rings. The van der Waals surface area contributed by atoms with E-state index in [-0.39, 0.29) is 6.61 Å². The fraction of sp³-hybridized carbons (Fsp3) is 0.211. The van der Waals surface area contributed by atoms with Gasteiger partial charge in [0.15, 0.2) is 0 Å². The lowest BCUT2D eigenvalue weighted by atomic mass is 9.98. The number of aryl methyl sites for hydroxylation is 3. The molecular formula is C19H20N2O. The standard InChI is InChI=1S/C19H20N2O/c1-13-4-5-17(11-18(13)12-22)16-6-7-19(14(2)10-16)21-9-8-15(3)20-21/h4-11,22H,12H2,1-3H3. The molecule has 0 atom stereocenters. The van der Waals surface area contributed by atoms with Crippen molar-refractivity contribution >= 4 is 0 Å². The first-order valence-corrected chi connectivity index (χ1v) is 7.42. The summed E-state index contributed by atoms with van der Waals surface area (Å²) in [7, 11) is 0. The normalized spacial score (nSPS) is 10.9. The number of rotatable bonds is 3. The molecule has 0 amide bonds. The summed E-state index contributed by atoms with van der Waals surface area (Å²) in [6, 6.07) is 14.6. The summed E-state index contributed by atoms with van der Waals surface area (Å²) >= 11 is 0. The van der Waals surface area contributed by atoms with Crippen molar-refractivity contribution < 1.29 is 5.11 Å². The third-order valence-corrected chi connectivity index (χ3v) is 4.02. The van der Waals surface area contributed by atoms with E-state index in [0.29, 0.717) is 0 Å². The molecule has 0 radical (unpaired) electrons. The number of aromatic nitrogens is 2. The van der Waals surface area contributed by atoms with Crippen molar-refractivity contribution in [3.63, 3.8) is 0 Å². The van der Waals surface area contributed by atoms with Crippen LogP contribution in [0.25, 0.3) is 16.8 Å². The molecule has 1 heterocycles. The maximum Gasteiger partial charge on any atom is 0.0684 e. The monoisotopic (exact) mass is 292 g/mol. The summed E-state index contributed by atoms with van der Waals surface area (Å²) in [6.07, 6.45) is 1.98. The first kappa shape index (κ1) is 14.5. The Hall–Kier alpha value is -2.39. The van der Waals surface area contributed by atoms with Gasteiger partial charge in [0.2, 0.25) is 0 Å². The van der Waals surface area contributed by atoms with E-state index >= 15 is 0 Å². The number of hydrogen-bond donors (Lipinski definition) is 1. The third kappa shape index (κ3) is 2.68. The number of nitrogens with zero attached hydrogens (tertiary/aromatic N) is 2. The minimum Gasteiger partial charge on any atom is -0.392 e. The Bertz CT molecular complexity index is 818. The molecule has 0 bridgehead atoms. The third-order valence-electron chi connectivity index (χ3n) is 4.02. The van der Waals surface area contributed by atoms with Crippen molar-refractivity contribution in [2.45, 2.75) is 27.4 Å². The lowest BCUT2D eigenvalue weighted by Crippen LogP contribution is -1.98. The molecule has 0 unspecified atom stereocenters. The Morgan fingerprint density at radius 2 is 1.64 bits per heavy atom. The van der Waals surface area contributed by atoms with Crippen LogP contribution in [0.15, 0.2) is 48.7 Å². The SMILES string of the molecule is Cc1ccn(-c2ccc(-c3ccc(C)c(CO)c3)cc2C)n1. The largest absolute Gasteiger partial charge is 0.392 e. The molecule has 2 aromatic carbocycles. The van der Waals surface area contributed by atoms with Gasteiger partial charge in [-0.2, -0.15) is 5.10 Å². The maximum absolute atomic E-state index is 9.43. The summed E-state index contributed by atoms with van der Waals surface area (Å²) in [5, 5.41) is 13.9. The highest BCUT2D eigenvalue weighted by Crippen LogP contribution is 2.26. The average molecular weight is 292 g/mol. The van der Waals surface area contributed by atoms with Crippen LogP contribution in [0.4, 0.5) is 0 Å². The first-order chi connectivity index (χ1) is 10.6. The highest BCUT2D eigenvalue weighted by molar-refractivity contribution is 5.67. The van der Waals surface area contributed by atoms with E-state index in [0.717, 1.165) is 33.6 Å². The predicted octanol–water partition coefficient (Wildman–Crippen LogP) is 3.96. The molecule has 0 spiro atoms. The topological polar surface area (TPSA) is 38.0 Å². The van der Waals surface area contributed by atoms with E-state index in [1.807, 2.05) is 30.8 Å². The van der Waals surface area contributed by atoms with Gasteiger partial charge in [0.1, 0.15) is 0 Å². The first-order valence-electron chi connectivity index (χ1n) is 7.42. The molecule has 3 aromatic rings. The molecule has 1 aromatic heterocycles. The molecule has 1 N–H and O–H groups in total. The smallest absolute Gasteiger partial charge is 0.0684 e. The summed E-state index contributed by atoms with van der Waals surface area (Å²) in [5.41, 5.74) is 7.64. The van der Waals surface area contributed by atoms with Crippen LogP contribution in [-0.4, -0.2) is 14.9 Å². The second-order valence-corrected chi connectivity index (χ2v) is 5.70. The van der Waals surface area contributed by atoms with E-state index in [1.165, 1.54) is 5.56 Å². The van der Waals surface area contributed by atoms with E-state index in [4.69, 9.17) is 0 Å². The van der Waals surface area contributed by atoms with Gasteiger partial charge in [0.25, 0.3) is 0 Å². The highest BCUT2D eigenvalue weighted by Gasteiger charge is 2.06. The Labute approximate surface area is 130 Å². The Kier molecular flexibility index (Phi) is 3.82. The average Bonchev–Trinajstić information content (AvgIpc) is 2.94. The maximum atomic E-state index is 9.43. The summed E-state index contributed by atoms with van der Waals surface area (Å²) in [6.45, 7) is 6.17. The zero-order valence-electron chi connectivity index (χ0n) is 13.2. The lowest BCUT2D eigenvalue weighted by Gasteiger charge is -2.11. The minimum absolute atomic E-state index is 0.0727. The summed E-state index contributed by atoms with van der Waals surface area (Å²) in [4.78, 5) is 0. The van der Waals surface area contributed by atoms with Crippen LogP contribution in [0.3, 0.4) is 0 Å². The lowest BCUT2D eigenvalue weighted by molar-refractivity contribution is 0.281. The fourth-order valence-corrected chi connectivity index (χ4v) is 2.66. The van der Waals surface area contributed by atoms with Crippen LogP contribution in [0.2, 0.25) is 0 Å². The van der Waals surface area contributed by atoms with Crippen LogP contribution < -0.4 is 0 Å². The zero-order chi connectivity index (χ0) is 15.7. The minimum atomic E-state index is 0.0727. The van der Waals surface area contributed by atoms with E-state index in [1.54, 1.807) is 0 Å².